The van der Waals surface area contributed by atoms with Crippen LogP contribution in [0.4, 0.5) is 20.2 Å². The third-order valence-corrected chi connectivity index (χ3v) is 3.50. The Labute approximate surface area is 128 Å². The van der Waals surface area contributed by atoms with E-state index in [0.717, 1.165) is 10.9 Å². The molecule has 0 bridgehead atoms. The van der Waals surface area contributed by atoms with Crippen molar-refractivity contribution in [3.05, 3.63) is 62.4 Å². The number of benzene rings is 1. The van der Waals surface area contributed by atoms with E-state index in [1.54, 1.807) is 13.0 Å². The molecule has 0 aliphatic rings. The lowest BCUT2D eigenvalue weighted by atomic mass is 10.2. The Hall–Kier alpha value is -3.03. The summed E-state index contributed by atoms with van der Waals surface area (Å²) >= 11 is 0. The normalized spacial score (nSPS) is 11.0. The molecular formula is C15H12F2N4O2. The smallest absolute Gasteiger partial charge is 0.290 e. The minimum absolute atomic E-state index is 0.00447. The van der Waals surface area contributed by atoms with Crippen molar-refractivity contribution >= 4 is 22.4 Å². The molecule has 0 saturated carbocycles. The van der Waals surface area contributed by atoms with E-state index in [9.17, 15) is 18.4 Å². The van der Waals surface area contributed by atoms with Gasteiger partial charge in [-0.25, -0.2) is 9.37 Å². The number of hydrogen-bond donors (Lipinski definition) is 2. The van der Waals surface area contributed by atoms with Crippen LogP contribution >= 0.6 is 0 Å². The first-order valence-electron chi connectivity index (χ1n) is 6.69. The van der Waals surface area contributed by atoms with Gasteiger partial charge < -0.3 is 10.3 Å². The topological polar surface area (TPSA) is 79.8 Å². The summed E-state index contributed by atoms with van der Waals surface area (Å²) in [5, 5.41) is 2.34. The van der Waals surface area contributed by atoms with Crippen LogP contribution in [0.3, 0.4) is 0 Å². The van der Waals surface area contributed by atoms with Crippen LogP contribution in [0, 0.1) is 18.6 Å². The predicted octanol–water partition coefficient (Wildman–Crippen LogP) is 1.95. The van der Waals surface area contributed by atoms with Crippen molar-refractivity contribution in [2.75, 3.05) is 5.32 Å². The largest absolute Gasteiger partial charge is 0.350 e. The van der Waals surface area contributed by atoms with Gasteiger partial charge in [-0.15, -0.1) is 0 Å². The summed E-state index contributed by atoms with van der Waals surface area (Å²) < 4.78 is 29.3. The average Bonchev–Trinajstić information content (AvgIpc) is 2.51. The number of rotatable bonds is 2. The molecule has 0 aliphatic carbocycles. The van der Waals surface area contributed by atoms with Crippen molar-refractivity contribution in [3.63, 3.8) is 0 Å². The van der Waals surface area contributed by atoms with Crippen molar-refractivity contribution in [2.24, 2.45) is 7.05 Å². The lowest BCUT2D eigenvalue weighted by molar-refractivity contribution is 0.598. The molecule has 3 rings (SSSR count). The molecule has 0 unspecified atom stereocenters. The molecule has 0 radical (unpaired) electrons. The zero-order valence-electron chi connectivity index (χ0n) is 12.3. The molecule has 118 valence electrons. The number of aryl methyl sites for hydroxylation is 2. The highest BCUT2D eigenvalue weighted by molar-refractivity contribution is 5.90. The Morgan fingerprint density at radius 1 is 1.26 bits per heavy atom. The Morgan fingerprint density at radius 3 is 2.70 bits per heavy atom. The number of halogens is 2. The number of anilines is 2. The monoisotopic (exact) mass is 318 g/mol. The van der Waals surface area contributed by atoms with E-state index < -0.39 is 28.4 Å². The van der Waals surface area contributed by atoms with Crippen LogP contribution in [-0.4, -0.2) is 14.5 Å². The zero-order valence-corrected chi connectivity index (χ0v) is 12.3. The van der Waals surface area contributed by atoms with E-state index in [1.807, 2.05) is 0 Å². The number of aromatic nitrogens is 3. The lowest BCUT2D eigenvalue weighted by Crippen LogP contribution is -2.26. The Morgan fingerprint density at radius 2 is 2.00 bits per heavy atom. The van der Waals surface area contributed by atoms with Crippen LogP contribution in [-0.2, 0) is 7.05 Å². The molecule has 0 aliphatic heterocycles. The average molecular weight is 318 g/mol. The van der Waals surface area contributed by atoms with E-state index in [4.69, 9.17) is 0 Å². The first-order chi connectivity index (χ1) is 10.9. The molecule has 0 atom stereocenters. The number of hydrogen-bond acceptors (Lipinski definition) is 4. The van der Waals surface area contributed by atoms with E-state index in [1.165, 1.54) is 19.2 Å². The fraction of sp³-hybridized carbons (Fsp3) is 0.133. The first-order valence-corrected chi connectivity index (χ1v) is 6.69. The molecule has 8 heteroatoms. The highest BCUT2D eigenvalue weighted by atomic mass is 19.1. The number of aromatic amines is 1. The van der Waals surface area contributed by atoms with Gasteiger partial charge in [0, 0.05) is 7.05 Å². The van der Waals surface area contributed by atoms with Gasteiger partial charge in [-0.05, 0) is 24.6 Å². The Balaban J connectivity index is 2.33. The summed E-state index contributed by atoms with van der Waals surface area (Å²) in [5.74, 6) is -1.81. The summed E-state index contributed by atoms with van der Waals surface area (Å²) in [6, 6.07) is 4.28. The predicted molar refractivity (Wildman–Crippen MR) is 82.0 cm³/mol. The third kappa shape index (κ3) is 2.37. The van der Waals surface area contributed by atoms with Gasteiger partial charge in [-0.3, -0.25) is 14.2 Å². The number of H-pyrrole nitrogens is 1. The third-order valence-electron chi connectivity index (χ3n) is 3.50. The second-order valence-electron chi connectivity index (χ2n) is 5.09. The van der Waals surface area contributed by atoms with Crippen LogP contribution in [0.15, 0.2) is 34.1 Å². The standard InChI is InChI=1S/C15H12F2N4O2/c1-7-3-4-9(8(16)5-7)20-12-10-13(18-6-19-14(10)22)21(2)15(23)11(12)17/h3-6,20H,1-2H3,(H,18,19,22). The molecule has 3 aromatic rings. The number of nitrogens with one attached hydrogen (secondary N) is 2. The maximum atomic E-state index is 14.4. The van der Waals surface area contributed by atoms with Crippen LogP contribution in [0.1, 0.15) is 5.56 Å². The van der Waals surface area contributed by atoms with Crippen molar-refractivity contribution in [1.82, 2.24) is 14.5 Å². The molecule has 2 heterocycles. The summed E-state index contributed by atoms with van der Waals surface area (Å²) in [7, 11) is 1.30. The van der Waals surface area contributed by atoms with Crippen molar-refractivity contribution in [1.29, 1.82) is 0 Å². The lowest BCUT2D eigenvalue weighted by Gasteiger charge is -2.12. The highest BCUT2D eigenvalue weighted by Gasteiger charge is 2.19. The molecule has 0 fully saturated rings. The molecular weight excluding hydrogens is 306 g/mol. The van der Waals surface area contributed by atoms with Gasteiger partial charge in [0.15, 0.2) is 5.65 Å². The fourth-order valence-electron chi connectivity index (χ4n) is 2.30. The van der Waals surface area contributed by atoms with Crippen LogP contribution in [0.2, 0.25) is 0 Å². The maximum absolute atomic E-state index is 14.4. The zero-order chi connectivity index (χ0) is 16.7. The summed E-state index contributed by atoms with van der Waals surface area (Å²) in [6.07, 6.45) is 1.11. The van der Waals surface area contributed by atoms with E-state index in [2.05, 4.69) is 15.3 Å². The van der Waals surface area contributed by atoms with Crippen molar-refractivity contribution in [2.45, 2.75) is 6.92 Å². The molecule has 0 amide bonds. The van der Waals surface area contributed by atoms with Gasteiger partial charge in [0.25, 0.3) is 11.1 Å². The van der Waals surface area contributed by atoms with Gasteiger partial charge in [0.2, 0.25) is 5.82 Å². The van der Waals surface area contributed by atoms with Gasteiger partial charge in [0.05, 0.1) is 17.7 Å². The SMILES string of the molecule is Cc1ccc(Nc2c(F)c(=O)n(C)c3nc[nH]c(=O)c23)c(F)c1. The van der Waals surface area contributed by atoms with E-state index >= 15 is 0 Å². The number of nitrogens with zero attached hydrogens (tertiary/aromatic N) is 2. The molecule has 1 aromatic carbocycles. The molecule has 6 nitrogen and oxygen atoms in total. The summed E-state index contributed by atoms with van der Waals surface area (Å²) in [6.45, 7) is 1.70. The second-order valence-corrected chi connectivity index (χ2v) is 5.09. The van der Waals surface area contributed by atoms with Crippen LogP contribution in [0.25, 0.3) is 11.0 Å². The highest BCUT2D eigenvalue weighted by Crippen LogP contribution is 2.25. The molecule has 2 aromatic heterocycles. The first kappa shape index (κ1) is 14.9. The fourth-order valence-corrected chi connectivity index (χ4v) is 2.30. The van der Waals surface area contributed by atoms with Crippen LogP contribution in [0.5, 0.6) is 0 Å². The van der Waals surface area contributed by atoms with Crippen molar-refractivity contribution in [3.8, 4) is 0 Å². The van der Waals surface area contributed by atoms with Gasteiger partial charge in [-0.2, -0.15) is 4.39 Å². The Kier molecular flexibility index (Phi) is 3.44. The number of pyridine rings is 1. The second kappa shape index (κ2) is 5.31. The minimum Gasteiger partial charge on any atom is -0.350 e. The van der Waals surface area contributed by atoms with Crippen LogP contribution < -0.4 is 16.4 Å². The van der Waals surface area contributed by atoms with Gasteiger partial charge in [0.1, 0.15) is 11.2 Å². The van der Waals surface area contributed by atoms with Gasteiger partial charge in [-0.1, -0.05) is 6.07 Å². The summed E-state index contributed by atoms with van der Waals surface area (Å²) in [4.78, 5) is 30.2. The van der Waals surface area contributed by atoms with Crippen molar-refractivity contribution < 1.29 is 8.78 Å². The van der Waals surface area contributed by atoms with E-state index in [-0.39, 0.29) is 16.7 Å². The van der Waals surface area contributed by atoms with Gasteiger partial charge >= 0.3 is 0 Å². The Bertz CT molecular complexity index is 1040. The van der Waals surface area contributed by atoms with E-state index in [0.29, 0.717) is 5.56 Å². The molecule has 2 N–H and O–H groups in total. The maximum Gasteiger partial charge on any atom is 0.290 e. The summed E-state index contributed by atoms with van der Waals surface area (Å²) in [5.41, 5.74) is -1.38. The minimum atomic E-state index is -1.18. The number of fused-ring (bicyclic) bond motifs is 1. The molecule has 0 saturated heterocycles. The molecule has 0 spiro atoms. The molecule has 23 heavy (non-hydrogen) atoms. The quantitative estimate of drug-likeness (QED) is 0.757.